The van der Waals surface area contributed by atoms with Crippen molar-refractivity contribution in [2.45, 2.75) is 26.0 Å². The van der Waals surface area contributed by atoms with Gasteiger partial charge >= 0.3 is 5.97 Å². The Balaban J connectivity index is 1.85. The van der Waals surface area contributed by atoms with Crippen LogP contribution >= 0.6 is 11.3 Å². The van der Waals surface area contributed by atoms with Crippen LogP contribution in [-0.4, -0.2) is 30.0 Å². The monoisotopic (exact) mass is 334 g/mol. The van der Waals surface area contributed by atoms with Crippen molar-refractivity contribution in [2.75, 3.05) is 7.11 Å². The average molecular weight is 334 g/mol. The van der Waals surface area contributed by atoms with Crippen molar-refractivity contribution in [3.63, 3.8) is 0 Å². The van der Waals surface area contributed by atoms with Gasteiger partial charge in [0.2, 0.25) is 0 Å². The van der Waals surface area contributed by atoms with Gasteiger partial charge in [0, 0.05) is 17.0 Å². The first-order chi connectivity index (χ1) is 11.1. The van der Waals surface area contributed by atoms with Gasteiger partial charge in [0.05, 0.1) is 24.7 Å². The zero-order chi connectivity index (χ0) is 16.7. The summed E-state index contributed by atoms with van der Waals surface area (Å²) in [7, 11) is 1.32. The fraction of sp³-hybridized carbons (Fsp3) is 0.312. The van der Waals surface area contributed by atoms with E-state index in [1.807, 2.05) is 5.38 Å². The van der Waals surface area contributed by atoms with Crippen molar-refractivity contribution in [3.8, 4) is 5.75 Å². The maximum Gasteiger partial charge on any atom is 0.307 e. The molecular formula is C16H18N2O4S. The van der Waals surface area contributed by atoms with Crippen molar-refractivity contribution in [2.24, 2.45) is 0 Å². The van der Waals surface area contributed by atoms with Gasteiger partial charge in [0.1, 0.15) is 12.4 Å². The molecule has 2 rings (SSSR count). The minimum Gasteiger partial charge on any atom is -0.487 e. The van der Waals surface area contributed by atoms with E-state index in [0.29, 0.717) is 17.9 Å². The maximum atomic E-state index is 12.1. The Morgan fingerprint density at radius 2 is 2.04 bits per heavy atom. The Labute approximate surface area is 138 Å². The molecule has 1 unspecified atom stereocenters. The summed E-state index contributed by atoms with van der Waals surface area (Å²) in [5.74, 6) is 0.0631. The Bertz CT molecular complexity index is 641. The topological polar surface area (TPSA) is 77.5 Å². The van der Waals surface area contributed by atoms with Gasteiger partial charge in [-0.3, -0.25) is 9.59 Å². The molecule has 0 bridgehead atoms. The Morgan fingerprint density at radius 3 is 2.65 bits per heavy atom. The largest absolute Gasteiger partial charge is 0.487 e. The molecule has 0 saturated heterocycles. The van der Waals surface area contributed by atoms with E-state index in [1.165, 1.54) is 18.4 Å². The van der Waals surface area contributed by atoms with E-state index in [2.05, 4.69) is 15.0 Å². The lowest BCUT2D eigenvalue weighted by atomic mass is 10.1. The number of aromatic nitrogens is 1. The number of methoxy groups -OCH3 is 1. The number of rotatable bonds is 7. The summed E-state index contributed by atoms with van der Waals surface area (Å²) in [4.78, 5) is 27.4. The van der Waals surface area contributed by atoms with Gasteiger partial charge in [0.15, 0.2) is 0 Å². The number of esters is 1. The number of amides is 1. The summed E-state index contributed by atoms with van der Waals surface area (Å²) in [5.41, 5.74) is 3.12. The van der Waals surface area contributed by atoms with E-state index in [9.17, 15) is 9.59 Å². The number of nitrogens with zero attached hydrogens (tertiary/aromatic N) is 1. The van der Waals surface area contributed by atoms with Crippen LogP contribution in [0.2, 0.25) is 0 Å². The summed E-state index contributed by atoms with van der Waals surface area (Å²) in [6.45, 7) is 2.14. The highest BCUT2D eigenvalue weighted by Crippen LogP contribution is 2.14. The summed E-state index contributed by atoms with van der Waals surface area (Å²) in [6, 6.07) is 6.52. The molecule has 0 aliphatic heterocycles. The molecule has 1 aromatic heterocycles. The number of ether oxygens (including phenoxy) is 2. The smallest absolute Gasteiger partial charge is 0.307 e. The number of carbonyl (C=O) groups is 2. The highest BCUT2D eigenvalue weighted by Gasteiger charge is 2.13. The summed E-state index contributed by atoms with van der Waals surface area (Å²) >= 11 is 1.52. The zero-order valence-corrected chi connectivity index (χ0v) is 13.8. The second kappa shape index (κ2) is 8.28. The van der Waals surface area contributed by atoms with Crippen LogP contribution in [0.1, 0.15) is 29.4 Å². The van der Waals surface area contributed by atoms with E-state index >= 15 is 0 Å². The van der Waals surface area contributed by atoms with E-state index in [-0.39, 0.29) is 24.3 Å². The fourth-order valence-electron chi connectivity index (χ4n) is 1.86. The van der Waals surface area contributed by atoms with E-state index in [4.69, 9.17) is 4.74 Å². The highest BCUT2D eigenvalue weighted by molar-refractivity contribution is 7.07. The van der Waals surface area contributed by atoms with Crippen LogP contribution in [0.3, 0.4) is 0 Å². The second-order valence-electron chi connectivity index (χ2n) is 4.95. The Morgan fingerprint density at radius 1 is 1.30 bits per heavy atom. The van der Waals surface area contributed by atoms with E-state index < -0.39 is 0 Å². The van der Waals surface area contributed by atoms with Crippen LogP contribution in [0.4, 0.5) is 0 Å². The predicted octanol–water partition coefficient (Wildman–Crippen LogP) is 2.40. The number of hydrogen-bond acceptors (Lipinski definition) is 6. The molecule has 0 aliphatic rings. The van der Waals surface area contributed by atoms with Crippen molar-refractivity contribution in [3.05, 3.63) is 46.4 Å². The molecule has 1 heterocycles. The van der Waals surface area contributed by atoms with Gasteiger partial charge in [-0.05, 0) is 31.2 Å². The molecule has 122 valence electrons. The number of nitrogens with one attached hydrogen (secondary N) is 1. The van der Waals surface area contributed by atoms with E-state index in [1.54, 1.807) is 36.7 Å². The quantitative estimate of drug-likeness (QED) is 0.787. The van der Waals surface area contributed by atoms with Gasteiger partial charge in [0.25, 0.3) is 5.91 Å². The highest BCUT2D eigenvalue weighted by atomic mass is 32.1. The van der Waals surface area contributed by atoms with Gasteiger partial charge in [-0.2, -0.15) is 0 Å². The molecule has 1 amide bonds. The van der Waals surface area contributed by atoms with Gasteiger partial charge in [-0.15, -0.1) is 11.3 Å². The number of thiazole rings is 1. The van der Waals surface area contributed by atoms with Crippen LogP contribution in [0, 0.1) is 0 Å². The van der Waals surface area contributed by atoms with E-state index in [0.717, 1.165) is 5.69 Å². The summed E-state index contributed by atoms with van der Waals surface area (Å²) in [5, 5.41) is 4.67. The molecule has 6 nitrogen and oxygen atoms in total. The lowest BCUT2D eigenvalue weighted by molar-refractivity contribution is -0.141. The van der Waals surface area contributed by atoms with Gasteiger partial charge < -0.3 is 14.8 Å². The first kappa shape index (κ1) is 17.0. The van der Waals surface area contributed by atoms with Gasteiger partial charge in [-0.1, -0.05) is 0 Å². The number of benzene rings is 1. The molecule has 7 heteroatoms. The fourth-order valence-corrected chi connectivity index (χ4v) is 2.40. The van der Waals surface area contributed by atoms with Crippen molar-refractivity contribution in [1.29, 1.82) is 0 Å². The predicted molar refractivity (Wildman–Crippen MR) is 86.4 cm³/mol. The molecule has 1 aromatic carbocycles. The number of carbonyl (C=O) groups excluding carboxylic acids is 2. The summed E-state index contributed by atoms with van der Waals surface area (Å²) < 4.78 is 10.2. The molecule has 0 spiro atoms. The molecule has 0 saturated carbocycles. The van der Waals surface area contributed by atoms with Crippen molar-refractivity contribution < 1.29 is 19.1 Å². The standard InChI is InChI=1S/C16H18N2O4S/c1-11(7-15(19)21-2)18-16(20)12-3-5-14(6-4-12)22-8-13-9-23-10-17-13/h3-6,9-11H,7-8H2,1-2H3,(H,18,20). The SMILES string of the molecule is COC(=O)CC(C)NC(=O)c1ccc(OCc2cscn2)cc1. The first-order valence-electron chi connectivity index (χ1n) is 7.06. The molecule has 23 heavy (non-hydrogen) atoms. The van der Waals surface area contributed by atoms with Crippen LogP contribution in [-0.2, 0) is 16.1 Å². The zero-order valence-electron chi connectivity index (χ0n) is 12.9. The van der Waals surface area contributed by atoms with Crippen LogP contribution in [0.25, 0.3) is 0 Å². The average Bonchev–Trinajstić information content (AvgIpc) is 3.06. The molecule has 1 atom stereocenters. The Kier molecular flexibility index (Phi) is 6.10. The van der Waals surface area contributed by atoms with Crippen LogP contribution in [0.5, 0.6) is 5.75 Å². The number of hydrogen-bond donors (Lipinski definition) is 1. The van der Waals surface area contributed by atoms with Gasteiger partial charge in [-0.25, -0.2) is 4.98 Å². The lowest BCUT2D eigenvalue weighted by Crippen LogP contribution is -2.34. The van der Waals surface area contributed by atoms with Crippen LogP contribution in [0.15, 0.2) is 35.2 Å². The van der Waals surface area contributed by atoms with Crippen molar-refractivity contribution in [1.82, 2.24) is 10.3 Å². The van der Waals surface area contributed by atoms with Crippen LogP contribution < -0.4 is 10.1 Å². The molecule has 0 radical (unpaired) electrons. The minimum atomic E-state index is -0.358. The first-order valence-corrected chi connectivity index (χ1v) is 8.00. The van der Waals surface area contributed by atoms with Crippen molar-refractivity contribution >= 4 is 23.2 Å². The third kappa shape index (κ3) is 5.37. The minimum absolute atomic E-state index is 0.136. The third-order valence-electron chi connectivity index (χ3n) is 3.06. The maximum absolute atomic E-state index is 12.1. The normalized spacial score (nSPS) is 11.6. The molecule has 2 aromatic rings. The summed E-state index contributed by atoms with van der Waals surface area (Å²) in [6.07, 6.45) is 0.136. The Hall–Kier alpha value is -2.41. The molecular weight excluding hydrogens is 316 g/mol. The third-order valence-corrected chi connectivity index (χ3v) is 3.70. The molecule has 0 fully saturated rings. The lowest BCUT2D eigenvalue weighted by Gasteiger charge is -2.13. The second-order valence-corrected chi connectivity index (χ2v) is 5.67. The molecule has 0 aliphatic carbocycles. The molecule has 1 N–H and O–H groups in total.